The number of hydrogen-bond donors (Lipinski definition) is 0. The van der Waals surface area contributed by atoms with E-state index in [1.807, 2.05) is 42.2 Å². The van der Waals surface area contributed by atoms with E-state index in [2.05, 4.69) is 11.4 Å². The Labute approximate surface area is 176 Å². The molecule has 29 heavy (non-hydrogen) atoms. The number of rotatable bonds is 8. The molecule has 154 valence electrons. The Morgan fingerprint density at radius 1 is 1.21 bits per heavy atom. The van der Waals surface area contributed by atoms with Crippen LogP contribution in [-0.2, 0) is 16.0 Å². The fourth-order valence-corrected chi connectivity index (χ4v) is 4.84. The molecule has 0 N–H and O–H groups in total. The van der Waals surface area contributed by atoms with Crippen LogP contribution in [-0.4, -0.2) is 47.9 Å². The van der Waals surface area contributed by atoms with Crippen LogP contribution in [0.3, 0.4) is 0 Å². The average Bonchev–Trinajstić information content (AvgIpc) is 3.44. The second-order valence-electron chi connectivity index (χ2n) is 7.85. The monoisotopic (exact) mass is 412 g/mol. The van der Waals surface area contributed by atoms with Gasteiger partial charge in [-0.1, -0.05) is 25.1 Å². The summed E-state index contributed by atoms with van der Waals surface area (Å²) in [5.74, 6) is 1.46. The number of amides is 2. The summed E-state index contributed by atoms with van der Waals surface area (Å²) in [6.07, 6.45) is 3.63. The topological polar surface area (TPSA) is 49.9 Å². The van der Waals surface area contributed by atoms with Gasteiger partial charge >= 0.3 is 0 Å². The standard InChI is InChI=1S/C23H28N2O3S/c1-2-22(26)24(14-17-8-9-17)15-23(27)25-12-10-21-19(11-13-29-21)20(25)16-28-18-6-4-3-5-7-18/h3-7,11,13,17,20H,2,8-10,12,14-16H2,1H3/t20-/m1/s1. The maximum Gasteiger partial charge on any atom is 0.242 e. The van der Waals surface area contributed by atoms with E-state index in [4.69, 9.17) is 4.74 Å². The van der Waals surface area contributed by atoms with Gasteiger partial charge in [-0.25, -0.2) is 0 Å². The Hall–Kier alpha value is -2.34. The van der Waals surface area contributed by atoms with Crippen LogP contribution in [0.5, 0.6) is 5.75 Å². The minimum absolute atomic E-state index is 0.0194. The third kappa shape index (κ3) is 4.81. The molecule has 2 aromatic rings. The van der Waals surface area contributed by atoms with Gasteiger partial charge in [-0.05, 0) is 54.3 Å². The number of hydrogen-bond acceptors (Lipinski definition) is 4. The van der Waals surface area contributed by atoms with Gasteiger partial charge in [0.1, 0.15) is 12.4 Å². The molecule has 5 nitrogen and oxygen atoms in total. The van der Waals surface area contributed by atoms with Gasteiger partial charge in [0.25, 0.3) is 0 Å². The average molecular weight is 413 g/mol. The van der Waals surface area contributed by atoms with Crippen molar-refractivity contribution in [2.24, 2.45) is 5.92 Å². The van der Waals surface area contributed by atoms with E-state index < -0.39 is 0 Å². The Balaban J connectivity index is 1.48. The maximum absolute atomic E-state index is 13.3. The Kier molecular flexibility index (Phi) is 6.19. The molecule has 1 aromatic carbocycles. The van der Waals surface area contributed by atoms with Crippen molar-refractivity contribution in [3.05, 3.63) is 52.2 Å². The zero-order valence-corrected chi connectivity index (χ0v) is 17.7. The first-order valence-corrected chi connectivity index (χ1v) is 11.3. The highest BCUT2D eigenvalue weighted by Gasteiger charge is 2.34. The number of thiophene rings is 1. The molecule has 0 saturated heterocycles. The number of carbonyl (C=O) groups is 2. The number of ether oxygens (including phenoxy) is 1. The van der Waals surface area contributed by atoms with Gasteiger partial charge < -0.3 is 14.5 Å². The van der Waals surface area contributed by atoms with Crippen LogP contribution < -0.4 is 4.74 Å². The van der Waals surface area contributed by atoms with Crippen LogP contribution in [0.4, 0.5) is 0 Å². The Morgan fingerprint density at radius 3 is 2.72 bits per heavy atom. The van der Waals surface area contributed by atoms with Gasteiger partial charge in [0.05, 0.1) is 12.6 Å². The largest absolute Gasteiger partial charge is 0.491 e. The van der Waals surface area contributed by atoms with Crippen molar-refractivity contribution in [1.82, 2.24) is 9.80 Å². The van der Waals surface area contributed by atoms with Crippen LogP contribution in [0.25, 0.3) is 0 Å². The van der Waals surface area contributed by atoms with Crippen LogP contribution in [0.1, 0.15) is 42.7 Å². The first-order valence-electron chi connectivity index (χ1n) is 10.5. The van der Waals surface area contributed by atoms with Gasteiger partial charge in [-0.2, -0.15) is 0 Å². The molecule has 2 heterocycles. The van der Waals surface area contributed by atoms with E-state index in [1.54, 1.807) is 16.2 Å². The van der Waals surface area contributed by atoms with Crippen LogP contribution in [0.2, 0.25) is 0 Å². The second-order valence-corrected chi connectivity index (χ2v) is 8.85. The van der Waals surface area contributed by atoms with E-state index in [1.165, 1.54) is 10.4 Å². The fourth-order valence-electron chi connectivity index (χ4n) is 3.91. The molecule has 0 radical (unpaired) electrons. The Bertz CT molecular complexity index is 847. The highest BCUT2D eigenvalue weighted by Crippen LogP contribution is 2.34. The third-order valence-electron chi connectivity index (χ3n) is 5.72. The van der Waals surface area contributed by atoms with Gasteiger partial charge in [-0.3, -0.25) is 9.59 Å². The molecule has 1 fully saturated rings. The van der Waals surface area contributed by atoms with Crippen LogP contribution in [0, 0.1) is 5.92 Å². The smallest absolute Gasteiger partial charge is 0.242 e. The molecule has 1 atom stereocenters. The zero-order chi connectivity index (χ0) is 20.2. The van der Waals surface area contributed by atoms with Crippen molar-refractivity contribution >= 4 is 23.2 Å². The lowest BCUT2D eigenvalue weighted by atomic mass is 10.0. The Morgan fingerprint density at radius 2 is 2.00 bits per heavy atom. The summed E-state index contributed by atoms with van der Waals surface area (Å²) in [4.78, 5) is 30.6. The van der Waals surface area contributed by atoms with E-state index in [0.29, 0.717) is 32.0 Å². The van der Waals surface area contributed by atoms with Crippen molar-refractivity contribution in [3.63, 3.8) is 0 Å². The van der Waals surface area contributed by atoms with Crippen LogP contribution >= 0.6 is 11.3 Å². The number of carbonyl (C=O) groups excluding carboxylic acids is 2. The molecule has 0 spiro atoms. The third-order valence-corrected chi connectivity index (χ3v) is 6.72. The molecule has 0 bridgehead atoms. The molecule has 1 aromatic heterocycles. The quantitative estimate of drug-likeness (QED) is 0.661. The molecule has 1 aliphatic carbocycles. The summed E-state index contributed by atoms with van der Waals surface area (Å²) in [6.45, 7) is 3.84. The summed E-state index contributed by atoms with van der Waals surface area (Å²) in [5, 5.41) is 2.09. The SMILES string of the molecule is CCC(=O)N(CC(=O)N1CCc2sccc2[C@H]1COc1ccccc1)CC1CC1. The van der Waals surface area contributed by atoms with E-state index >= 15 is 0 Å². The van der Waals surface area contributed by atoms with Gasteiger partial charge in [0.2, 0.25) is 11.8 Å². The number of nitrogens with zero attached hydrogens (tertiary/aromatic N) is 2. The first kappa shape index (κ1) is 20.0. The highest BCUT2D eigenvalue weighted by molar-refractivity contribution is 7.10. The van der Waals surface area contributed by atoms with Crippen molar-refractivity contribution in [2.45, 2.75) is 38.6 Å². The summed E-state index contributed by atoms with van der Waals surface area (Å²) < 4.78 is 6.03. The lowest BCUT2D eigenvalue weighted by Gasteiger charge is -2.37. The van der Waals surface area contributed by atoms with Crippen molar-refractivity contribution < 1.29 is 14.3 Å². The molecule has 1 saturated carbocycles. The van der Waals surface area contributed by atoms with E-state index in [0.717, 1.165) is 25.0 Å². The minimum atomic E-state index is -0.114. The molecule has 2 aliphatic rings. The van der Waals surface area contributed by atoms with Gasteiger partial charge in [-0.15, -0.1) is 11.3 Å². The number of benzene rings is 1. The number of para-hydroxylation sites is 1. The van der Waals surface area contributed by atoms with Gasteiger partial charge in [0.15, 0.2) is 0 Å². The minimum Gasteiger partial charge on any atom is -0.491 e. The molecule has 2 amide bonds. The summed E-state index contributed by atoms with van der Waals surface area (Å²) in [5.41, 5.74) is 1.18. The normalized spacial score (nSPS) is 18.2. The first-order chi connectivity index (χ1) is 14.2. The second kappa shape index (κ2) is 8.99. The molecule has 1 aliphatic heterocycles. The van der Waals surface area contributed by atoms with Crippen molar-refractivity contribution in [1.29, 1.82) is 0 Å². The molecule has 4 rings (SSSR count). The lowest BCUT2D eigenvalue weighted by Crippen LogP contribution is -2.48. The number of fused-ring (bicyclic) bond motifs is 1. The van der Waals surface area contributed by atoms with Crippen molar-refractivity contribution in [2.75, 3.05) is 26.2 Å². The summed E-state index contributed by atoms with van der Waals surface area (Å²) >= 11 is 1.75. The zero-order valence-electron chi connectivity index (χ0n) is 16.9. The predicted molar refractivity (Wildman–Crippen MR) is 114 cm³/mol. The van der Waals surface area contributed by atoms with Gasteiger partial charge in [0, 0.05) is 24.4 Å². The lowest BCUT2D eigenvalue weighted by molar-refractivity contribution is -0.142. The molecule has 0 unspecified atom stereocenters. The summed E-state index contributed by atoms with van der Waals surface area (Å²) in [7, 11) is 0. The van der Waals surface area contributed by atoms with E-state index in [-0.39, 0.29) is 24.4 Å². The van der Waals surface area contributed by atoms with E-state index in [9.17, 15) is 9.59 Å². The molecule has 6 heteroatoms. The van der Waals surface area contributed by atoms with Crippen LogP contribution in [0.15, 0.2) is 41.8 Å². The molecular formula is C23H28N2O3S. The highest BCUT2D eigenvalue weighted by atomic mass is 32.1. The maximum atomic E-state index is 13.3. The molecular weight excluding hydrogens is 384 g/mol. The summed E-state index contributed by atoms with van der Waals surface area (Å²) in [6, 6.07) is 11.7. The fraction of sp³-hybridized carbons (Fsp3) is 0.478. The van der Waals surface area contributed by atoms with Crippen molar-refractivity contribution in [3.8, 4) is 5.75 Å². The predicted octanol–water partition coefficient (Wildman–Crippen LogP) is 3.90.